The number of hydrogen-bond donors (Lipinski definition) is 1. The third-order valence-corrected chi connectivity index (χ3v) is 1.49. The van der Waals surface area contributed by atoms with E-state index in [1.165, 1.54) is 27.9 Å². The summed E-state index contributed by atoms with van der Waals surface area (Å²) in [5.74, 6) is -0.514. The number of carbonyl (C=O) groups is 2. The van der Waals surface area contributed by atoms with E-state index in [-0.39, 0.29) is 11.7 Å². The van der Waals surface area contributed by atoms with Crippen LogP contribution in [0.5, 0.6) is 0 Å². The van der Waals surface area contributed by atoms with Gasteiger partial charge in [0.25, 0.3) is 0 Å². The molecule has 1 N–H and O–H groups in total. The molecule has 0 saturated heterocycles. The van der Waals surface area contributed by atoms with E-state index in [0.717, 1.165) is 0 Å². The maximum atomic E-state index is 10.9. The number of hydrogen-bond acceptors (Lipinski definition) is 3. The third-order valence-electron chi connectivity index (χ3n) is 1.49. The van der Waals surface area contributed by atoms with E-state index >= 15 is 0 Å². The molecule has 0 bridgehead atoms. The molecule has 1 amide bonds. The molecule has 0 aromatic heterocycles. The predicted molar refractivity (Wildman–Crippen MR) is 39.9 cm³/mol. The number of rotatable bonds is 3. The summed E-state index contributed by atoms with van der Waals surface area (Å²) in [6, 6.07) is 0. The Morgan fingerprint density at radius 3 is 1.91 bits per heavy atom. The molecule has 4 heteroatoms. The van der Waals surface area contributed by atoms with Gasteiger partial charge in [-0.2, -0.15) is 0 Å². The van der Waals surface area contributed by atoms with Crippen LogP contribution in [0.15, 0.2) is 0 Å². The van der Waals surface area contributed by atoms with Gasteiger partial charge in [0.2, 0.25) is 5.91 Å². The summed E-state index contributed by atoms with van der Waals surface area (Å²) in [4.78, 5) is 21.5. The summed E-state index contributed by atoms with van der Waals surface area (Å²) in [6.07, 6.45) is 0. The van der Waals surface area contributed by atoms with Gasteiger partial charge >= 0.3 is 0 Å². The average Bonchev–Trinajstić information content (AvgIpc) is 1.86. The fourth-order valence-electron chi connectivity index (χ4n) is 0.619. The largest absolute Gasteiger partial charge is 0.352 e. The maximum Gasteiger partial charge on any atom is 0.219 e. The fourth-order valence-corrected chi connectivity index (χ4v) is 0.619. The zero-order chi connectivity index (χ0) is 9.07. The van der Waals surface area contributed by atoms with Crippen molar-refractivity contribution in [3.05, 3.63) is 0 Å². The fraction of sp³-hybridized carbons (Fsp3) is 0.714. The van der Waals surface area contributed by atoms with E-state index in [9.17, 15) is 9.59 Å². The van der Waals surface area contributed by atoms with Crippen LogP contribution in [-0.2, 0) is 14.3 Å². The topological polar surface area (TPSA) is 55.4 Å². The van der Waals surface area contributed by atoms with Crippen molar-refractivity contribution in [3.8, 4) is 0 Å². The van der Waals surface area contributed by atoms with Crippen LogP contribution in [0.25, 0.3) is 0 Å². The Morgan fingerprint density at radius 1 is 1.36 bits per heavy atom. The van der Waals surface area contributed by atoms with Gasteiger partial charge < -0.3 is 10.1 Å². The van der Waals surface area contributed by atoms with Crippen LogP contribution in [0, 0.1) is 0 Å². The molecular formula is C7H13NO3. The highest BCUT2D eigenvalue weighted by atomic mass is 16.5. The number of carbonyl (C=O) groups excluding carboxylic acids is 2. The third kappa shape index (κ3) is 2.67. The van der Waals surface area contributed by atoms with Crippen molar-refractivity contribution in [2.75, 3.05) is 7.11 Å². The van der Waals surface area contributed by atoms with Crippen LogP contribution in [0.3, 0.4) is 0 Å². The molecule has 0 spiro atoms. The standard InChI is InChI=1S/C7H13NO3/c1-5(9)7(3,11-4)8-6(2)10/h1-4H3,(H,8,10). The lowest BCUT2D eigenvalue weighted by Crippen LogP contribution is -2.51. The molecule has 0 aliphatic heterocycles. The molecule has 4 nitrogen and oxygen atoms in total. The van der Waals surface area contributed by atoms with Gasteiger partial charge in [0.1, 0.15) is 0 Å². The molecule has 0 aliphatic carbocycles. The summed E-state index contributed by atoms with van der Waals surface area (Å²) in [6.45, 7) is 4.20. The summed E-state index contributed by atoms with van der Waals surface area (Å²) in [5, 5.41) is 2.39. The second-order valence-electron chi connectivity index (χ2n) is 2.47. The lowest BCUT2D eigenvalue weighted by Gasteiger charge is -2.25. The Balaban J connectivity index is 4.34. The zero-order valence-electron chi connectivity index (χ0n) is 7.22. The van der Waals surface area contributed by atoms with Gasteiger partial charge in [-0.3, -0.25) is 9.59 Å². The van der Waals surface area contributed by atoms with Crippen molar-refractivity contribution in [1.82, 2.24) is 5.32 Å². The number of ketones is 1. The molecule has 0 aliphatic rings. The van der Waals surface area contributed by atoms with E-state index in [1.807, 2.05) is 0 Å². The lowest BCUT2D eigenvalue weighted by molar-refractivity contribution is -0.146. The zero-order valence-corrected chi connectivity index (χ0v) is 7.22. The number of Topliss-reactive ketones (excluding diaryl/α,β-unsaturated/α-hetero) is 1. The van der Waals surface area contributed by atoms with Crippen molar-refractivity contribution in [3.63, 3.8) is 0 Å². The van der Waals surface area contributed by atoms with Gasteiger partial charge in [0.15, 0.2) is 11.5 Å². The predicted octanol–water partition coefficient (Wildman–Crippen LogP) is 0.0741. The van der Waals surface area contributed by atoms with Crippen LogP contribution in [0.4, 0.5) is 0 Å². The monoisotopic (exact) mass is 159 g/mol. The molecule has 0 saturated carbocycles. The summed E-state index contributed by atoms with van der Waals surface area (Å²) >= 11 is 0. The summed E-state index contributed by atoms with van der Waals surface area (Å²) < 4.78 is 4.83. The van der Waals surface area contributed by atoms with Crippen LogP contribution < -0.4 is 5.32 Å². The van der Waals surface area contributed by atoms with E-state index in [2.05, 4.69) is 5.32 Å². The molecule has 64 valence electrons. The van der Waals surface area contributed by atoms with Gasteiger partial charge in [0, 0.05) is 14.0 Å². The molecule has 1 unspecified atom stereocenters. The second-order valence-corrected chi connectivity index (χ2v) is 2.47. The van der Waals surface area contributed by atoms with Crippen LogP contribution in [0.1, 0.15) is 20.8 Å². The first-order valence-electron chi connectivity index (χ1n) is 3.27. The number of amides is 1. The van der Waals surface area contributed by atoms with Crippen molar-refractivity contribution in [2.24, 2.45) is 0 Å². The summed E-state index contributed by atoms with van der Waals surface area (Å²) in [5.41, 5.74) is -1.17. The first kappa shape index (κ1) is 10.1. The van der Waals surface area contributed by atoms with Gasteiger partial charge in [-0.05, 0) is 13.8 Å². The van der Waals surface area contributed by atoms with E-state index < -0.39 is 5.72 Å². The smallest absolute Gasteiger partial charge is 0.219 e. The van der Waals surface area contributed by atoms with Crippen molar-refractivity contribution < 1.29 is 14.3 Å². The minimum atomic E-state index is -1.17. The quantitative estimate of drug-likeness (QED) is 0.593. The molecule has 0 fully saturated rings. The molecule has 0 rings (SSSR count). The average molecular weight is 159 g/mol. The molecular weight excluding hydrogens is 146 g/mol. The first-order valence-corrected chi connectivity index (χ1v) is 3.27. The van der Waals surface area contributed by atoms with E-state index in [0.29, 0.717) is 0 Å². The SMILES string of the molecule is COC(C)(NC(C)=O)C(C)=O. The van der Waals surface area contributed by atoms with Gasteiger partial charge in [-0.15, -0.1) is 0 Å². The maximum absolute atomic E-state index is 10.9. The normalized spacial score (nSPS) is 15.3. The molecule has 0 radical (unpaired) electrons. The minimum Gasteiger partial charge on any atom is -0.352 e. The summed E-state index contributed by atoms with van der Waals surface area (Å²) in [7, 11) is 1.37. The van der Waals surface area contributed by atoms with Crippen LogP contribution >= 0.6 is 0 Å². The molecule has 0 aromatic carbocycles. The Bertz CT molecular complexity index is 179. The Morgan fingerprint density at radius 2 is 1.82 bits per heavy atom. The van der Waals surface area contributed by atoms with E-state index in [4.69, 9.17) is 4.74 Å². The second kappa shape index (κ2) is 3.48. The number of ether oxygens (including phenoxy) is 1. The van der Waals surface area contributed by atoms with Crippen molar-refractivity contribution in [2.45, 2.75) is 26.5 Å². The number of methoxy groups -OCH3 is 1. The number of nitrogens with one attached hydrogen (secondary N) is 1. The Kier molecular flexibility index (Phi) is 3.19. The Labute approximate surface area is 65.9 Å². The minimum absolute atomic E-state index is 0.227. The van der Waals surface area contributed by atoms with Crippen LogP contribution in [-0.4, -0.2) is 24.5 Å². The van der Waals surface area contributed by atoms with Gasteiger partial charge in [-0.25, -0.2) is 0 Å². The lowest BCUT2D eigenvalue weighted by atomic mass is 10.2. The van der Waals surface area contributed by atoms with Crippen molar-refractivity contribution >= 4 is 11.7 Å². The molecule has 1 atom stereocenters. The molecule has 0 aromatic rings. The van der Waals surface area contributed by atoms with Gasteiger partial charge in [-0.1, -0.05) is 0 Å². The first-order chi connectivity index (χ1) is 4.92. The highest BCUT2D eigenvalue weighted by Gasteiger charge is 2.29. The Hall–Kier alpha value is -0.900. The van der Waals surface area contributed by atoms with Crippen LogP contribution in [0.2, 0.25) is 0 Å². The molecule has 0 heterocycles. The highest BCUT2D eigenvalue weighted by Crippen LogP contribution is 2.04. The van der Waals surface area contributed by atoms with Gasteiger partial charge in [0.05, 0.1) is 0 Å². The molecule has 11 heavy (non-hydrogen) atoms. The van der Waals surface area contributed by atoms with E-state index in [1.54, 1.807) is 0 Å². The highest BCUT2D eigenvalue weighted by molar-refractivity contribution is 5.88. The van der Waals surface area contributed by atoms with Crippen molar-refractivity contribution in [1.29, 1.82) is 0 Å².